The first-order valence-corrected chi connectivity index (χ1v) is 5.61. The van der Waals surface area contributed by atoms with Crippen LogP contribution in [0.5, 0.6) is 0 Å². The SMILES string of the molecule is O=C(O)c1cccc[c]1[Hg+]. The molecule has 0 aliphatic heterocycles. The van der Waals surface area contributed by atoms with E-state index in [-0.39, 0.29) is 0 Å². The zero-order valence-corrected chi connectivity index (χ0v) is 10.9. The van der Waals surface area contributed by atoms with Crippen LogP contribution in [0.4, 0.5) is 0 Å². The van der Waals surface area contributed by atoms with Crippen LogP contribution in [-0.4, -0.2) is 11.1 Å². The van der Waals surface area contributed by atoms with Crippen molar-refractivity contribution in [3.8, 4) is 0 Å². The number of hydrogen-bond acceptors (Lipinski definition) is 1. The van der Waals surface area contributed by atoms with Gasteiger partial charge in [-0.3, -0.25) is 0 Å². The second kappa shape index (κ2) is 3.15. The minimum absolute atomic E-state index is 0.397. The first kappa shape index (κ1) is 7.73. The number of carboxylic acids is 1. The number of aromatic carboxylic acids is 1. The summed E-state index contributed by atoms with van der Waals surface area (Å²) in [5.41, 5.74) is 0.464. The molecule has 1 rings (SSSR count). The number of benzene rings is 1. The Bertz CT molecular complexity index is 258. The van der Waals surface area contributed by atoms with Crippen molar-refractivity contribution in [3.63, 3.8) is 0 Å². The first-order chi connectivity index (χ1) is 4.72. The van der Waals surface area contributed by atoms with E-state index < -0.39 is 5.97 Å². The summed E-state index contributed by atoms with van der Waals surface area (Å²) in [5.74, 6) is -0.814. The van der Waals surface area contributed by atoms with Gasteiger partial charge < -0.3 is 0 Å². The molecule has 0 saturated carbocycles. The summed E-state index contributed by atoms with van der Waals surface area (Å²) in [4.78, 5) is 10.5. The molecule has 0 unspecified atom stereocenters. The Labute approximate surface area is 74.8 Å². The molecule has 0 radical (unpaired) electrons. The van der Waals surface area contributed by atoms with Crippen LogP contribution in [0.3, 0.4) is 0 Å². The van der Waals surface area contributed by atoms with Crippen LogP contribution in [0.2, 0.25) is 0 Å². The minimum atomic E-state index is -0.814. The van der Waals surface area contributed by atoms with Crippen molar-refractivity contribution in [3.05, 3.63) is 29.8 Å². The molecule has 2 nitrogen and oxygen atoms in total. The fraction of sp³-hybridized carbons (Fsp3) is 0. The second-order valence-electron chi connectivity index (χ2n) is 1.96. The van der Waals surface area contributed by atoms with Gasteiger partial charge in [0.2, 0.25) is 0 Å². The van der Waals surface area contributed by atoms with Crippen LogP contribution in [-0.2, 0) is 26.1 Å². The fourth-order valence-corrected chi connectivity index (χ4v) is 2.30. The molecule has 1 aromatic rings. The Kier molecular flexibility index (Phi) is 2.43. The molecule has 0 amide bonds. The van der Waals surface area contributed by atoms with Crippen molar-refractivity contribution >= 4 is 9.04 Å². The molecular formula is C7H5HgO2+. The molecule has 0 aliphatic rings. The zero-order chi connectivity index (χ0) is 7.56. The van der Waals surface area contributed by atoms with Crippen LogP contribution >= 0.6 is 0 Å². The Morgan fingerprint density at radius 3 is 2.40 bits per heavy atom. The average Bonchev–Trinajstić information content (AvgIpc) is 1.88. The van der Waals surface area contributed by atoms with Crippen LogP contribution in [0.1, 0.15) is 10.4 Å². The third kappa shape index (κ3) is 1.56. The second-order valence-corrected chi connectivity index (χ2v) is 4.92. The van der Waals surface area contributed by atoms with Gasteiger partial charge in [-0.2, -0.15) is 0 Å². The van der Waals surface area contributed by atoms with Gasteiger partial charge in [0.25, 0.3) is 0 Å². The molecule has 3 heteroatoms. The standard InChI is InChI=1S/C7H5O2.Hg/c8-7(9)6-4-2-1-3-5-6;/h1-4H,(H,8,9);/q;+1. The van der Waals surface area contributed by atoms with Crippen molar-refractivity contribution < 1.29 is 36.0 Å². The Hall–Kier alpha value is -0.375. The van der Waals surface area contributed by atoms with Crippen molar-refractivity contribution in [2.75, 3.05) is 0 Å². The zero-order valence-electron chi connectivity index (χ0n) is 5.37. The topological polar surface area (TPSA) is 37.3 Å². The van der Waals surface area contributed by atoms with Crippen LogP contribution in [0, 0.1) is 0 Å². The van der Waals surface area contributed by atoms with Gasteiger partial charge in [-0.25, -0.2) is 0 Å². The summed E-state index contributed by atoms with van der Waals surface area (Å²) in [5, 5.41) is 8.60. The molecule has 0 fully saturated rings. The van der Waals surface area contributed by atoms with E-state index in [2.05, 4.69) is 0 Å². The maximum atomic E-state index is 10.5. The molecule has 0 saturated heterocycles. The molecule has 1 aromatic carbocycles. The van der Waals surface area contributed by atoms with Gasteiger partial charge in [0.05, 0.1) is 0 Å². The third-order valence-corrected chi connectivity index (χ3v) is 3.64. The predicted molar refractivity (Wildman–Crippen MR) is 33.0 cm³/mol. The molecule has 0 aromatic heterocycles. The van der Waals surface area contributed by atoms with Gasteiger partial charge >= 0.3 is 74.9 Å². The van der Waals surface area contributed by atoms with Crippen molar-refractivity contribution in [1.29, 1.82) is 0 Å². The molecule has 0 bridgehead atoms. The summed E-state index contributed by atoms with van der Waals surface area (Å²) in [6, 6.07) is 7.13. The van der Waals surface area contributed by atoms with E-state index in [9.17, 15) is 4.79 Å². The number of rotatable bonds is 1. The Morgan fingerprint density at radius 1 is 1.40 bits per heavy atom. The molecule has 0 spiro atoms. The van der Waals surface area contributed by atoms with E-state index in [0.29, 0.717) is 31.7 Å². The first-order valence-electron chi connectivity index (χ1n) is 2.86. The van der Waals surface area contributed by atoms with Crippen molar-refractivity contribution in [2.45, 2.75) is 0 Å². The average molecular weight is 322 g/mol. The molecule has 0 aliphatic carbocycles. The predicted octanol–water partition coefficient (Wildman–Crippen LogP) is 0.557. The van der Waals surface area contributed by atoms with E-state index in [4.69, 9.17) is 5.11 Å². The van der Waals surface area contributed by atoms with E-state index in [1.165, 1.54) is 0 Å². The molecule has 0 atom stereocenters. The summed E-state index contributed by atoms with van der Waals surface area (Å²) >= 11 is 0.397. The summed E-state index contributed by atoms with van der Waals surface area (Å²) in [6.07, 6.45) is 0. The normalized spacial score (nSPS) is 9.40. The van der Waals surface area contributed by atoms with Gasteiger partial charge in [0.15, 0.2) is 0 Å². The van der Waals surface area contributed by atoms with Crippen LogP contribution < -0.4 is 3.07 Å². The molecule has 10 heavy (non-hydrogen) atoms. The summed E-state index contributed by atoms with van der Waals surface area (Å²) in [6.45, 7) is 0. The van der Waals surface area contributed by atoms with Gasteiger partial charge in [-0.1, -0.05) is 0 Å². The Balaban J connectivity index is 3.15. The molecule has 0 heterocycles. The van der Waals surface area contributed by atoms with Crippen LogP contribution in [0.25, 0.3) is 0 Å². The molecular weight excluding hydrogens is 317 g/mol. The van der Waals surface area contributed by atoms with E-state index >= 15 is 0 Å². The van der Waals surface area contributed by atoms with Crippen LogP contribution in [0.15, 0.2) is 24.3 Å². The van der Waals surface area contributed by atoms with Gasteiger partial charge in [0.1, 0.15) is 0 Å². The van der Waals surface area contributed by atoms with E-state index in [1.807, 2.05) is 12.1 Å². The third-order valence-electron chi connectivity index (χ3n) is 1.25. The number of carbonyl (C=O) groups is 1. The summed E-state index contributed by atoms with van der Waals surface area (Å²) < 4.78 is 0.995. The number of hydrogen-bond donors (Lipinski definition) is 1. The van der Waals surface area contributed by atoms with Gasteiger partial charge in [-0.05, 0) is 0 Å². The van der Waals surface area contributed by atoms with Crippen molar-refractivity contribution in [1.82, 2.24) is 0 Å². The van der Waals surface area contributed by atoms with E-state index in [0.717, 1.165) is 3.07 Å². The quantitative estimate of drug-likeness (QED) is 0.767. The molecule has 46 valence electrons. The molecule has 1 N–H and O–H groups in total. The number of carboxylic acid groups (broad SMARTS) is 1. The maximum absolute atomic E-state index is 10.5. The van der Waals surface area contributed by atoms with E-state index in [1.54, 1.807) is 12.1 Å². The Morgan fingerprint density at radius 2 is 2.00 bits per heavy atom. The fourth-order valence-electron chi connectivity index (χ4n) is 0.729. The summed E-state index contributed by atoms with van der Waals surface area (Å²) in [7, 11) is 0. The monoisotopic (exact) mass is 323 g/mol. The van der Waals surface area contributed by atoms with Gasteiger partial charge in [0, 0.05) is 0 Å². The van der Waals surface area contributed by atoms with Gasteiger partial charge in [-0.15, -0.1) is 0 Å². The van der Waals surface area contributed by atoms with Crippen molar-refractivity contribution in [2.24, 2.45) is 0 Å².